The molecule has 0 spiro atoms. The minimum Gasteiger partial charge on any atom is -0.342 e. The third-order valence-electron chi connectivity index (χ3n) is 3.95. The fourth-order valence-corrected chi connectivity index (χ4v) is 2.52. The van der Waals surface area contributed by atoms with Gasteiger partial charge in [-0.25, -0.2) is 0 Å². The van der Waals surface area contributed by atoms with E-state index in [0.29, 0.717) is 5.91 Å². The summed E-state index contributed by atoms with van der Waals surface area (Å²) in [5.74, 6) is 2.03. The molecule has 1 aliphatic carbocycles. The first-order chi connectivity index (χ1) is 7.09. The molecule has 1 aliphatic heterocycles. The van der Waals surface area contributed by atoms with E-state index in [2.05, 4.69) is 13.8 Å². The molecule has 2 atom stereocenters. The molecule has 0 aromatic carbocycles. The van der Waals surface area contributed by atoms with Crippen LogP contribution in [-0.2, 0) is 4.79 Å². The normalized spacial score (nSPS) is 32.1. The molecule has 2 fully saturated rings. The Balaban J connectivity index is 1.80. The molecular weight excluding hydrogens is 188 g/mol. The number of nitrogens with zero attached hydrogens (tertiary/aromatic N) is 1. The fraction of sp³-hybridized carbons (Fsp3) is 0.917. The van der Waals surface area contributed by atoms with Crippen molar-refractivity contribution in [2.45, 2.75) is 39.2 Å². The van der Waals surface area contributed by atoms with E-state index in [1.165, 1.54) is 12.8 Å². The first kappa shape index (κ1) is 10.9. The number of carbonyl (C=O) groups is 1. The van der Waals surface area contributed by atoms with Gasteiger partial charge in [-0.1, -0.05) is 13.8 Å². The summed E-state index contributed by atoms with van der Waals surface area (Å²) in [5, 5.41) is 0. The smallest absolute Gasteiger partial charge is 0.227 e. The van der Waals surface area contributed by atoms with Crippen molar-refractivity contribution >= 4 is 5.91 Å². The summed E-state index contributed by atoms with van der Waals surface area (Å²) in [4.78, 5) is 13.9. The molecule has 1 saturated heterocycles. The molecule has 2 unspecified atom stereocenters. The maximum Gasteiger partial charge on any atom is 0.227 e. The molecule has 0 aromatic rings. The first-order valence-corrected chi connectivity index (χ1v) is 6.14. The lowest BCUT2D eigenvalue weighted by atomic mass is 9.86. The Kier molecular flexibility index (Phi) is 3.01. The van der Waals surface area contributed by atoms with Crippen LogP contribution in [-0.4, -0.2) is 29.9 Å². The summed E-state index contributed by atoms with van der Waals surface area (Å²) in [7, 11) is 0. The van der Waals surface area contributed by atoms with Gasteiger partial charge in [-0.2, -0.15) is 0 Å². The minimum atomic E-state index is 0.153. The molecule has 15 heavy (non-hydrogen) atoms. The first-order valence-electron chi connectivity index (χ1n) is 6.14. The lowest BCUT2D eigenvalue weighted by Crippen LogP contribution is -2.41. The van der Waals surface area contributed by atoms with E-state index in [1.807, 2.05) is 4.90 Å². The molecule has 3 heteroatoms. The minimum absolute atomic E-state index is 0.153. The predicted molar refractivity (Wildman–Crippen MR) is 60.2 cm³/mol. The van der Waals surface area contributed by atoms with Crippen molar-refractivity contribution in [1.29, 1.82) is 0 Å². The zero-order chi connectivity index (χ0) is 11.0. The Morgan fingerprint density at radius 3 is 2.27 bits per heavy atom. The molecule has 86 valence electrons. The monoisotopic (exact) mass is 210 g/mol. The number of likely N-dealkylation sites (tertiary alicyclic amines) is 1. The highest BCUT2D eigenvalue weighted by atomic mass is 16.2. The van der Waals surface area contributed by atoms with Gasteiger partial charge in [0.2, 0.25) is 5.91 Å². The average molecular weight is 210 g/mol. The van der Waals surface area contributed by atoms with E-state index < -0.39 is 0 Å². The molecule has 0 bridgehead atoms. The van der Waals surface area contributed by atoms with E-state index >= 15 is 0 Å². The van der Waals surface area contributed by atoms with Crippen LogP contribution in [0.1, 0.15) is 33.1 Å². The fourth-order valence-electron chi connectivity index (χ4n) is 2.52. The lowest BCUT2D eigenvalue weighted by Gasteiger charge is -2.34. The summed E-state index contributed by atoms with van der Waals surface area (Å²) < 4.78 is 0. The Morgan fingerprint density at radius 2 is 1.87 bits per heavy atom. The van der Waals surface area contributed by atoms with Crippen molar-refractivity contribution in [3.63, 3.8) is 0 Å². The Labute approximate surface area is 92.0 Å². The second-order valence-corrected chi connectivity index (χ2v) is 5.41. The molecule has 0 radical (unpaired) electrons. The number of rotatable bonds is 2. The van der Waals surface area contributed by atoms with Gasteiger partial charge >= 0.3 is 0 Å². The van der Waals surface area contributed by atoms with Crippen LogP contribution >= 0.6 is 0 Å². The summed E-state index contributed by atoms with van der Waals surface area (Å²) in [6.07, 6.45) is 3.25. The van der Waals surface area contributed by atoms with E-state index in [1.54, 1.807) is 0 Å². The van der Waals surface area contributed by atoms with Gasteiger partial charge < -0.3 is 10.6 Å². The highest BCUT2D eigenvalue weighted by molar-refractivity contribution is 5.82. The van der Waals surface area contributed by atoms with Crippen LogP contribution in [0.3, 0.4) is 0 Å². The standard InChI is InChI=1S/C12H22N2O/c1-8(2)9-3-5-14(6-4-9)12(15)10-7-11(10)13/h8-11H,3-7,13H2,1-2H3. The van der Waals surface area contributed by atoms with Gasteiger partial charge in [-0.05, 0) is 31.1 Å². The van der Waals surface area contributed by atoms with Crippen molar-refractivity contribution in [2.75, 3.05) is 13.1 Å². The number of piperidine rings is 1. The summed E-state index contributed by atoms with van der Waals surface area (Å²) >= 11 is 0. The Bertz CT molecular complexity index is 244. The van der Waals surface area contributed by atoms with Crippen molar-refractivity contribution in [1.82, 2.24) is 4.90 Å². The van der Waals surface area contributed by atoms with Gasteiger partial charge in [0.05, 0.1) is 5.92 Å². The number of hydrogen-bond donors (Lipinski definition) is 1. The van der Waals surface area contributed by atoms with Crippen LogP contribution in [0.15, 0.2) is 0 Å². The summed E-state index contributed by atoms with van der Waals surface area (Å²) in [5.41, 5.74) is 5.70. The van der Waals surface area contributed by atoms with Gasteiger partial charge in [-0.3, -0.25) is 4.79 Å². The number of carbonyl (C=O) groups excluding carboxylic acids is 1. The van der Waals surface area contributed by atoms with Gasteiger partial charge in [0.25, 0.3) is 0 Å². The second kappa shape index (κ2) is 4.12. The molecule has 2 rings (SSSR count). The van der Waals surface area contributed by atoms with Crippen LogP contribution in [0.5, 0.6) is 0 Å². The topological polar surface area (TPSA) is 46.3 Å². The van der Waals surface area contributed by atoms with Gasteiger partial charge in [0.15, 0.2) is 0 Å². The second-order valence-electron chi connectivity index (χ2n) is 5.41. The van der Waals surface area contributed by atoms with Crippen LogP contribution in [0.4, 0.5) is 0 Å². The zero-order valence-corrected chi connectivity index (χ0v) is 9.78. The molecule has 2 N–H and O–H groups in total. The SMILES string of the molecule is CC(C)C1CCN(C(=O)C2CC2N)CC1. The van der Waals surface area contributed by atoms with Gasteiger partial charge in [0.1, 0.15) is 0 Å². The van der Waals surface area contributed by atoms with Crippen LogP contribution in [0, 0.1) is 17.8 Å². The van der Waals surface area contributed by atoms with E-state index in [0.717, 1.165) is 31.3 Å². The third kappa shape index (κ3) is 2.33. The van der Waals surface area contributed by atoms with E-state index in [4.69, 9.17) is 5.73 Å². The van der Waals surface area contributed by atoms with Crippen LogP contribution in [0.2, 0.25) is 0 Å². The number of amides is 1. The molecule has 1 heterocycles. The third-order valence-corrected chi connectivity index (χ3v) is 3.95. The lowest BCUT2D eigenvalue weighted by molar-refractivity contribution is -0.134. The molecular formula is C12H22N2O. The Morgan fingerprint density at radius 1 is 1.33 bits per heavy atom. The molecule has 1 saturated carbocycles. The van der Waals surface area contributed by atoms with E-state index in [9.17, 15) is 4.79 Å². The summed E-state index contributed by atoms with van der Waals surface area (Å²) in [6, 6.07) is 0.153. The van der Waals surface area contributed by atoms with Crippen molar-refractivity contribution in [3.05, 3.63) is 0 Å². The maximum atomic E-state index is 11.9. The maximum absolute atomic E-state index is 11.9. The highest BCUT2D eigenvalue weighted by Crippen LogP contribution is 2.32. The van der Waals surface area contributed by atoms with Crippen LogP contribution < -0.4 is 5.73 Å². The molecule has 2 aliphatic rings. The van der Waals surface area contributed by atoms with Crippen molar-refractivity contribution in [2.24, 2.45) is 23.5 Å². The average Bonchev–Trinajstić information content (AvgIpc) is 2.94. The van der Waals surface area contributed by atoms with Crippen molar-refractivity contribution < 1.29 is 4.79 Å². The molecule has 1 amide bonds. The predicted octanol–water partition coefficient (Wildman–Crippen LogP) is 1.23. The number of nitrogens with two attached hydrogens (primary N) is 1. The van der Waals surface area contributed by atoms with Gasteiger partial charge in [0, 0.05) is 19.1 Å². The summed E-state index contributed by atoms with van der Waals surface area (Å²) in [6.45, 7) is 6.45. The molecule has 3 nitrogen and oxygen atoms in total. The Hall–Kier alpha value is -0.570. The van der Waals surface area contributed by atoms with Crippen LogP contribution in [0.25, 0.3) is 0 Å². The largest absolute Gasteiger partial charge is 0.342 e. The number of hydrogen-bond acceptors (Lipinski definition) is 2. The van der Waals surface area contributed by atoms with Crippen molar-refractivity contribution in [3.8, 4) is 0 Å². The zero-order valence-electron chi connectivity index (χ0n) is 9.78. The molecule has 0 aromatic heterocycles. The quantitative estimate of drug-likeness (QED) is 0.745. The highest BCUT2D eigenvalue weighted by Gasteiger charge is 2.42. The van der Waals surface area contributed by atoms with E-state index in [-0.39, 0.29) is 12.0 Å². The van der Waals surface area contributed by atoms with Gasteiger partial charge in [-0.15, -0.1) is 0 Å².